The fraction of sp³-hybridized carbons (Fsp3) is 0.667. The van der Waals surface area contributed by atoms with Crippen molar-refractivity contribution in [2.45, 2.75) is 32.7 Å². The number of nitrogens with zero attached hydrogens (tertiary/aromatic N) is 1. The van der Waals surface area contributed by atoms with Gasteiger partial charge in [-0.1, -0.05) is 13.8 Å². The lowest BCUT2D eigenvalue weighted by Gasteiger charge is -1.98. The van der Waals surface area contributed by atoms with Crippen LogP contribution in [0.1, 0.15) is 26.7 Å². The molecule has 0 amide bonds. The largest absolute Gasteiger partial charge is 0.464 e. The van der Waals surface area contributed by atoms with Crippen molar-refractivity contribution in [3.05, 3.63) is 0 Å². The number of esters is 1. The van der Waals surface area contributed by atoms with Gasteiger partial charge in [0.25, 0.3) is 0 Å². The lowest BCUT2D eigenvalue weighted by Crippen LogP contribution is -2.21. The third-order valence-corrected chi connectivity index (χ3v) is 1.48. The Kier molecular flexibility index (Phi) is 6.36. The molecule has 0 heterocycles. The van der Waals surface area contributed by atoms with E-state index < -0.39 is 5.97 Å². The highest BCUT2D eigenvalue weighted by Crippen LogP contribution is 2.18. The molecule has 1 saturated carbocycles. The molecule has 0 atom stereocenters. The fourth-order valence-corrected chi connectivity index (χ4v) is 0.615. The van der Waals surface area contributed by atoms with Gasteiger partial charge in [0.05, 0.1) is 13.3 Å². The van der Waals surface area contributed by atoms with Gasteiger partial charge in [-0.05, 0) is 12.8 Å². The summed E-state index contributed by atoms with van der Waals surface area (Å²) in [5, 5.41) is 10.6. The second-order valence-electron chi connectivity index (χ2n) is 2.54. The van der Waals surface area contributed by atoms with Crippen molar-refractivity contribution in [2.24, 2.45) is 5.10 Å². The van der Waals surface area contributed by atoms with Gasteiger partial charge in [-0.3, -0.25) is 0 Å². The van der Waals surface area contributed by atoms with Crippen LogP contribution >= 0.6 is 0 Å². The van der Waals surface area contributed by atoms with Crippen LogP contribution in [-0.4, -0.2) is 31.0 Å². The molecule has 5 nitrogen and oxygen atoms in total. The van der Waals surface area contributed by atoms with Gasteiger partial charge in [0.1, 0.15) is 0 Å². The SMILES string of the molecule is CC.COC(=O)/C(C=N)=N/NC1CC1. The number of hydrogen-bond acceptors (Lipinski definition) is 5. The molecule has 0 aromatic carbocycles. The van der Waals surface area contributed by atoms with E-state index in [1.165, 1.54) is 7.11 Å². The second-order valence-corrected chi connectivity index (χ2v) is 2.54. The van der Waals surface area contributed by atoms with E-state index in [-0.39, 0.29) is 5.71 Å². The van der Waals surface area contributed by atoms with Crippen LogP contribution in [0.4, 0.5) is 0 Å². The van der Waals surface area contributed by atoms with Crippen molar-refractivity contribution in [3.8, 4) is 0 Å². The van der Waals surface area contributed by atoms with Gasteiger partial charge in [0.2, 0.25) is 0 Å². The quantitative estimate of drug-likeness (QED) is 0.402. The molecule has 80 valence electrons. The van der Waals surface area contributed by atoms with Crippen LogP contribution in [-0.2, 0) is 9.53 Å². The van der Waals surface area contributed by atoms with E-state index in [2.05, 4.69) is 15.3 Å². The van der Waals surface area contributed by atoms with Crippen molar-refractivity contribution >= 4 is 17.9 Å². The van der Waals surface area contributed by atoms with Gasteiger partial charge in [0, 0.05) is 6.04 Å². The van der Waals surface area contributed by atoms with Gasteiger partial charge < -0.3 is 15.6 Å². The molecule has 0 radical (unpaired) electrons. The van der Waals surface area contributed by atoms with Crippen molar-refractivity contribution in [2.75, 3.05) is 7.11 Å². The maximum absolute atomic E-state index is 10.8. The van der Waals surface area contributed by atoms with E-state index in [9.17, 15) is 4.79 Å². The van der Waals surface area contributed by atoms with Gasteiger partial charge in [-0.15, -0.1) is 0 Å². The molecule has 0 aliphatic heterocycles. The number of rotatable bonds is 4. The molecule has 1 aliphatic rings. The Labute approximate surface area is 84.0 Å². The zero-order valence-corrected chi connectivity index (χ0v) is 8.83. The molecule has 0 unspecified atom stereocenters. The Morgan fingerprint density at radius 1 is 1.57 bits per heavy atom. The number of methoxy groups -OCH3 is 1. The standard InChI is InChI=1S/C7H11N3O2.C2H6/c1-12-7(11)6(4-8)10-9-5-2-3-5;1-2/h4-5,8-9H,2-3H2,1H3;1-2H3/b8-4?,10-6+;. The first-order chi connectivity index (χ1) is 6.77. The summed E-state index contributed by atoms with van der Waals surface area (Å²) in [6.45, 7) is 4.00. The maximum Gasteiger partial charge on any atom is 0.360 e. The van der Waals surface area contributed by atoms with Crippen molar-refractivity contribution in [3.63, 3.8) is 0 Å². The van der Waals surface area contributed by atoms with Gasteiger partial charge in [-0.2, -0.15) is 5.10 Å². The van der Waals surface area contributed by atoms with Crippen molar-refractivity contribution < 1.29 is 9.53 Å². The summed E-state index contributed by atoms with van der Waals surface area (Å²) in [7, 11) is 1.26. The molecule has 1 aliphatic carbocycles. The first-order valence-corrected chi connectivity index (χ1v) is 4.70. The predicted molar refractivity (Wildman–Crippen MR) is 55.7 cm³/mol. The van der Waals surface area contributed by atoms with Crippen LogP contribution in [0.2, 0.25) is 0 Å². The van der Waals surface area contributed by atoms with Crippen molar-refractivity contribution in [1.82, 2.24) is 5.43 Å². The van der Waals surface area contributed by atoms with Crippen LogP contribution in [0.5, 0.6) is 0 Å². The van der Waals surface area contributed by atoms with E-state index in [1.54, 1.807) is 0 Å². The minimum absolute atomic E-state index is 0.00407. The zero-order valence-electron chi connectivity index (χ0n) is 8.83. The van der Waals surface area contributed by atoms with Gasteiger partial charge in [0.15, 0.2) is 5.71 Å². The zero-order chi connectivity index (χ0) is 11.0. The lowest BCUT2D eigenvalue weighted by molar-refractivity contribution is -0.132. The average molecular weight is 199 g/mol. The molecule has 1 fully saturated rings. The molecule has 14 heavy (non-hydrogen) atoms. The van der Waals surface area contributed by atoms with Gasteiger partial charge in [-0.25, -0.2) is 4.79 Å². The normalized spacial score (nSPS) is 14.9. The smallest absolute Gasteiger partial charge is 0.360 e. The Balaban J connectivity index is 0.000000791. The van der Waals surface area contributed by atoms with Crippen LogP contribution < -0.4 is 5.43 Å². The molecule has 0 aromatic heterocycles. The lowest BCUT2D eigenvalue weighted by atomic mass is 10.4. The summed E-state index contributed by atoms with van der Waals surface area (Å²) in [6, 6.07) is 0.379. The van der Waals surface area contributed by atoms with Crippen LogP contribution in [0.3, 0.4) is 0 Å². The average Bonchev–Trinajstić information content (AvgIpc) is 3.05. The van der Waals surface area contributed by atoms with Crippen LogP contribution in [0.15, 0.2) is 5.10 Å². The molecule has 1 rings (SSSR count). The highest BCUT2D eigenvalue weighted by molar-refractivity contribution is 6.58. The van der Waals surface area contributed by atoms with Crippen molar-refractivity contribution in [1.29, 1.82) is 5.41 Å². The molecular formula is C9H17N3O2. The number of hydrazone groups is 1. The molecule has 5 heteroatoms. The first kappa shape index (κ1) is 12.6. The molecule has 0 aromatic rings. The number of nitrogens with one attached hydrogen (secondary N) is 2. The summed E-state index contributed by atoms with van der Waals surface area (Å²) in [5.41, 5.74) is 2.76. The summed E-state index contributed by atoms with van der Waals surface area (Å²) < 4.78 is 4.39. The Morgan fingerprint density at radius 2 is 2.14 bits per heavy atom. The minimum atomic E-state index is -0.585. The summed E-state index contributed by atoms with van der Waals surface area (Å²) in [6.07, 6.45) is 3.03. The molecular weight excluding hydrogens is 182 g/mol. The molecule has 0 spiro atoms. The summed E-state index contributed by atoms with van der Waals surface area (Å²) in [4.78, 5) is 10.8. The third kappa shape index (κ3) is 4.59. The minimum Gasteiger partial charge on any atom is -0.464 e. The number of ether oxygens (including phenoxy) is 1. The van der Waals surface area contributed by atoms with E-state index in [1.807, 2.05) is 13.8 Å². The molecule has 0 bridgehead atoms. The molecule has 0 saturated heterocycles. The van der Waals surface area contributed by atoms with E-state index in [0.717, 1.165) is 19.1 Å². The van der Waals surface area contributed by atoms with Crippen LogP contribution in [0.25, 0.3) is 0 Å². The van der Waals surface area contributed by atoms with Crippen LogP contribution in [0, 0.1) is 5.41 Å². The molecule has 2 N–H and O–H groups in total. The third-order valence-electron chi connectivity index (χ3n) is 1.48. The Hall–Kier alpha value is -1.39. The number of carbonyl (C=O) groups is 1. The fourth-order valence-electron chi connectivity index (χ4n) is 0.615. The number of carbonyl (C=O) groups excluding carboxylic acids is 1. The highest BCUT2D eigenvalue weighted by atomic mass is 16.5. The topological polar surface area (TPSA) is 74.5 Å². The second kappa shape index (κ2) is 7.06. The van der Waals surface area contributed by atoms with E-state index >= 15 is 0 Å². The van der Waals surface area contributed by atoms with Gasteiger partial charge >= 0.3 is 5.97 Å². The first-order valence-electron chi connectivity index (χ1n) is 4.70. The summed E-state index contributed by atoms with van der Waals surface area (Å²) >= 11 is 0. The Morgan fingerprint density at radius 3 is 2.50 bits per heavy atom. The highest BCUT2D eigenvalue weighted by Gasteiger charge is 2.20. The van der Waals surface area contributed by atoms with E-state index in [0.29, 0.717) is 6.04 Å². The number of hydrogen-bond donors (Lipinski definition) is 2. The maximum atomic E-state index is 10.8. The Bertz CT molecular complexity index is 222. The summed E-state index contributed by atoms with van der Waals surface area (Å²) in [5.74, 6) is -0.585. The van der Waals surface area contributed by atoms with E-state index in [4.69, 9.17) is 5.41 Å². The predicted octanol–water partition coefficient (Wildman–Crippen LogP) is 0.943. The monoisotopic (exact) mass is 199 g/mol.